The summed E-state index contributed by atoms with van der Waals surface area (Å²) in [4.78, 5) is 28.0. The lowest BCUT2D eigenvalue weighted by Crippen LogP contribution is -2.48. The highest BCUT2D eigenvalue weighted by molar-refractivity contribution is 5.74. The molecule has 2 aromatic carbocycles. The summed E-state index contributed by atoms with van der Waals surface area (Å²) in [5.74, 6) is -0.529. The molecule has 120 valence electrons. The quantitative estimate of drug-likeness (QED) is 0.803. The lowest BCUT2D eigenvalue weighted by molar-refractivity contribution is -0.159. The molecule has 0 radical (unpaired) electrons. The predicted octanol–water partition coefficient (Wildman–Crippen LogP) is 2.38. The van der Waals surface area contributed by atoms with Gasteiger partial charge in [-0.05, 0) is 11.1 Å². The molecule has 2 rings (SSSR count). The third-order valence-electron chi connectivity index (χ3n) is 3.01. The first-order valence-electron chi connectivity index (χ1n) is 7.21. The van der Waals surface area contributed by atoms with Crippen LogP contribution in [-0.4, -0.2) is 17.0 Å². The fourth-order valence-electron chi connectivity index (χ4n) is 1.90. The Kier molecular flexibility index (Phi) is 6.14. The molecule has 2 N–H and O–H groups in total. The molecule has 0 unspecified atom stereocenters. The Labute approximate surface area is 135 Å². The van der Waals surface area contributed by atoms with Gasteiger partial charge in [0.15, 0.2) is 0 Å². The Morgan fingerprint density at radius 1 is 0.957 bits per heavy atom. The smallest absolute Gasteiger partial charge is 0.334 e. The van der Waals surface area contributed by atoms with Crippen molar-refractivity contribution < 1.29 is 14.4 Å². The zero-order valence-electron chi connectivity index (χ0n) is 12.9. The number of hydrogen-bond donors (Lipinski definition) is 2. The van der Waals surface area contributed by atoms with Crippen LogP contribution in [-0.2, 0) is 22.7 Å². The van der Waals surface area contributed by atoms with Crippen molar-refractivity contribution in [2.24, 2.45) is 0 Å². The number of amides is 2. The van der Waals surface area contributed by atoms with E-state index in [1.165, 1.54) is 11.9 Å². The average molecular weight is 313 g/mol. The molecule has 2 aromatic rings. The molecule has 6 nitrogen and oxygen atoms in total. The summed E-state index contributed by atoms with van der Waals surface area (Å²) in [6.45, 7) is 1.90. The first-order valence-corrected chi connectivity index (χ1v) is 7.21. The minimum atomic E-state index is -0.529. The Morgan fingerprint density at radius 2 is 1.52 bits per heavy atom. The SMILES string of the molecule is CC(=O)ONN(Cc1ccccc1)C(=O)NCc1ccccc1. The van der Waals surface area contributed by atoms with Gasteiger partial charge in [-0.15, -0.1) is 0 Å². The van der Waals surface area contributed by atoms with Gasteiger partial charge < -0.3 is 10.2 Å². The number of benzene rings is 2. The minimum Gasteiger partial charge on any atom is -0.351 e. The van der Waals surface area contributed by atoms with Crippen LogP contribution in [0.2, 0.25) is 0 Å². The molecule has 0 aliphatic carbocycles. The van der Waals surface area contributed by atoms with Crippen molar-refractivity contribution in [3.8, 4) is 0 Å². The highest BCUT2D eigenvalue weighted by Crippen LogP contribution is 2.04. The number of rotatable bonds is 6. The van der Waals surface area contributed by atoms with Gasteiger partial charge in [-0.2, -0.15) is 0 Å². The normalized spacial score (nSPS) is 9.96. The second-order valence-corrected chi connectivity index (χ2v) is 4.90. The molecule has 0 saturated heterocycles. The maximum Gasteiger partial charge on any atom is 0.334 e. The largest absolute Gasteiger partial charge is 0.351 e. The second kappa shape index (κ2) is 8.55. The number of urea groups is 1. The lowest BCUT2D eigenvalue weighted by Gasteiger charge is -2.22. The monoisotopic (exact) mass is 313 g/mol. The summed E-state index contributed by atoms with van der Waals surface area (Å²) in [5.41, 5.74) is 4.26. The number of carbonyl (C=O) groups is 2. The summed E-state index contributed by atoms with van der Waals surface area (Å²) in [5, 5.41) is 3.98. The van der Waals surface area contributed by atoms with E-state index in [-0.39, 0.29) is 12.6 Å². The Morgan fingerprint density at radius 3 is 2.09 bits per heavy atom. The van der Waals surface area contributed by atoms with Crippen LogP contribution < -0.4 is 10.9 Å². The van der Waals surface area contributed by atoms with Crippen LogP contribution in [0, 0.1) is 0 Å². The van der Waals surface area contributed by atoms with Crippen molar-refractivity contribution in [2.75, 3.05) is 0 Å². The van der Waals surface area contributed by atoms with Crippen LogP contribution in [0.5, 0.6) is 0 Å². The van der Waals surface area contributed by atoms with E-state index in [2.05, 4.69) is 10.9 Å². The summed E-state index contributed by atoms with van der Waals surface area (Å²) < 4.78 is 0. The van der Waals surface area contributed by atoms with Gasteiger partial charge in [0.2, 0.25) is 0 Å². The Hall–Kier alpha value is -2.86. The topological polar surface area (TPSA) is 70.7 Å². The molecule has 0 fully saturated rings. The molecule has 0 bridgehead atoms. The molecule has 0 heterocycles. The van der Waals surface area contributed by atoms with Gasteiger partial charge in [-0.1, -0.05) is 66.3 Å². The van der Waals surface area contributed by atoms with E-state index in [1.807, 2.05) is 60.7 Å². The molecular formula is C17H19N3O3. The van der Waals surface area contributed by atoms with Gasteiger partial charge in [0, 0.05) is 13.5 Å². The fourth-order valence-corrected chi connectivity index (χ4v) is 1.90. The molecule has 0 spiro atoms. The second-order valence-electron chi connectivity index (χ2n) is 4.90. The van der Waals surface area contributed by atoms with Gasteiger partial charge in [0.1, 0.15) is 0 Å². The van der Waals surface area contributed by atoms with Gasteiger partial charge >= 0.3 is 12.0 Å². The highest BCUT2D eigenvalue weighted by atomic mass is 16.7. The van der Waals surface area contributed by atoms with Gasteiger partial charge in [-0.25, -0.2) is 9.80 Å². The summed E-state index contributed by atoms with van der Waals surface area (Å²) >= 11 is 0. The van der Waals surface area contributed by atoms with E-state index in [9.17, 15) is 9.59 Å². The van der Waals surface area contributed by atoms with Crippen LogP contribution in [0.25, 0.3) is 0 Å². The number of hydrazine groups is 1. The molecule has 0 saturated carbocycles. The number of nitrogens with one attached hydrogen (secondary N) is 2. The van der Waals surface area contributed by atoms with Crippen molar-refractivity contribution in [3.63, 3.8) is 0 Å². The molecule has 6 heteroatoms. The van der Waals surface area contributed by atoms with Crippen LogP contribution in [0.3, 0.4) is 0 Å². The molecule has 0 aromatic heterocycles. The minimum absolute atomic E-state index is 0.259. The summed E-state index contributed by atoms with van der Waals surface area (Å²) in [7, 11) is 0. The van der Waals surface area contributed by atoms with E-state index in [1.54, 1.807) is 0 Å². The van der Waals surface area contributed by atoms with Crippen molar-refractivity contribution in [2.45, 2.75) is 20.0 Å². The van der Waals surface area contributed by atoms with E-state index < -0.39 is 5.97 Å². The summed E-state index contributed by atoms with van der Waals surface area (Å²) in [6.07, 6.45) is 0. The predicted molar refractivity (Wildman–Crippen MR) is 85.6 cm³/mol. The van der Waals surface area contributed by atoms with Crippen LogP contribution >= 0.6 is 0 Å². The summed E-state index contributed by atoms with van der Waals surface area (Å²) in [6, 6.07) is 18.6. The van der Waals surface area contributed by atoms with Gasteiger partial charge in [0.05, 0.1) is 6.54 Å². The molecule has 0 atom stereocenters. The Bertz CT molecular complexity index is 632. The molecule has 0 aliphatic heterocycles. The van der Waals surface area contributed by atoms with Crippen LogP contribution in [0.1, 0.15) is 18.1 Å². The molecule has 23 heavy (non-hydrogen) atoms. The van der Waals surface area contributed by atoms with Gasteiger partial charge in [0.25, 0.3) is 0 Å². The Balaban J connectivity index is 1.97. The van der Waals surface area contributed by atoms with Crippen molar-refractivity contribution in [1.82, 2.24) is 15.9 Å². The third kappa shape index (κ3) is 5.80. The number of hydrogen-bond acceptors (Lipinski definition) is 4. The van der Waals surface area contributed by atoms with Crippen molar-refractivity contribution >= 4 is 12.0 Å². The van der Waals surface area contributed by atoms with E-state index in [0.29, 0.717) is 6.54 Å². The van der Waals surface area contributed by atoms with Crippen LogP contribution in [0.15, 0.2) is 60.7 Å². The zero-order chi connectivity index (χ0) is 16.5. The fraction of sp³-hybridized carbons (Fsp3) is 0.176. The molecule has 0 aliphatic rings. The standard InChI is InChI=1S/C17H19N3O3/c1-14(21)23-19-20(13-16-10-6-3-7-11-16)17(22)18-12-15-8-4-2-5-9-15/h2-11,19H,12-13H2,1H3,(H,18,22). The molecular weight excluding hydrogens is 294 g/mol. The first-order chi connectivity index (χ1) is 11.1. The number of carbonyl (C=O) groups excluding carboxylic acids is 2. The number of nitrogens with zero attached hydrogens (tertiary/aromatic N) is 1. The zero-order valence-corrected chi connectivity index (χ0v) is 12.9. The maximum atomic E-state index is 12.3. The van der Waals surface area contributed by atoms with E-state index in [4.69, 9.17) is 4.84 Å². The van der Waals surface area contributed by atoms with Crippen molar-refractivity contribution in [3.05, 3.63) is 71.8 Å². The molecule has 2 amide bonds. The van der Waals surface area contributed by atoms with Crippen LogP contribution in [0.4, 0.5) is 4.79 Å². The first kappa shape index (κ1) is 16.5. The highest BCUT2D eigenvalue weighted by Gasteiger charge is 2.15. The van der Waals surface area contributed by atoms with E-state index >= 15 is 0 Å². The van der Waals surface area contributed by atoms with Gasteiger partial charge in [-0.3, -0.25) is 4.79 Å². The van der Waals surface area contributed by atoms with E-state index in [0.717, 1.165) is 11.1 Å². The third-order valence-corrected chi connectivity index (χ3v) is 3.01. The lowest BCUT2D eigenvalue weighted by atomic mass is 10.2. The van der Waals surface area contributed by atoms with Crippen molar-refractivity contribution in [1.29, 1.82) is 0 Å². The maximum absolute atomic E-state index is 12.3. The average Bonchev–Trinajstić information content (AvgIpc) is 2.58.